The first-order valence-corrected chi connectivity index (χ1v) is 17.1. The predicted octanol–water partition coefficient (Wildman–Crippen LogP) is -0.0945. The van der Waals surface area contributed by atoms with Crippen molar-refractivity contribution in [2.75, 3.05) is 24.7 Å². The van der Waals surface area contributed by atoms with Crippen LogP contribution in [0.1, 0.15) is 12.5 Å². The van der Waals surface area contributed by atoms with Crippen molar-refractivity contribution in [1.82, 2.24) is 39.0 Å². The van der Waals surface area contributed by atoms with E-state index in [9.17, 15) is 14.3 Å². The van der Waals surface area contributed by atoms with E-state index in [1.807, 2.05) is 0 Å². The molecule has 2 radical (unpaired) electrons. The van der Waals surface area contributed by atoms with Gasteiger partial charge in [-0.3, -0.25) is 28.0 Å². The molecule has 4 aromatic heterocycles. The lowest BCUT2D eigenvalue weighted by Crippen LogP contribution is -2.37. The van der Waals surface area contributed by atoms with Crippen molar-refractivity contribution >= 4 is 67.7 Å². The highest BCUT2D eigenvalue weighted by molar-refractivity contribution is 8.07. The monoisotopic (exact) mass is 688 g/mol. The third-order valence-electron chi connectivity index (χ3n) is 7.26. The number of rotatable bonds is 2. The number of nitrogens with one attached hydrogen (secondary N) is 1. The SMILES string of the molecule is [B][P@@]1(=O)OC[C@H]2O[C@@H](n3cnc4c(=O)[nH]c(N)nc43)[C@@H](F)C2OP(O)(=S)OC[C@H]2O[C@@H](n3cnc4c(N)ncnc43)[C@@H](F)C2O1. The molecular weight excluding hydrogens is 667 g/mol. The molecule has 3 aliphatic heterocycles. The van der Waals surface area contributed by atoms with E-state index in [-0.39, 0.29) is 34.1 Å². The van der Waals surface area contributed by atoms with Gasteiger partial charge in [0.1, 0.15) is 36.3 Å². The molecule has 19 nitrogen and oxygen atoms in total. The third-order valence-corrected chi connectivity index (χ3v) is 9.87. The zero-order valence-corrected chi connectivity index (χ0v) is 25.0. The van der Waals surface area contributed by atoms with Gasteiger partial charge in [-0.1, -0.05) is 0 Å². The maximum atomic E-state index is 16.0. The molecule has 0 saturated carbocycles. The fraction of sp³-hybridized carbons (Fsp3) is 0.500. The summed E-state index contributed by atoms with van der Waals surface area (Å²) in [4.78, 5) is 45.3. The Hall–Kier alpha value is -2.98. The van der Waals surface area contributed by atoms with E-state index in [4.69, 9.17) is 58.4 Å². The summed E-state index contributed by atoms with van der Waals surface area (Å²) in [7, 11) is 1.20. The van der Waals surface area contributed by atoms with Gasteiger partial charge in [0.25, 0.3) is 13.0 Å². The van der Waals surface area contributed by atoms with Crippen molar-refractivity contribution in [3.63, 3.8) is 0 Å². The summed E-state index contributed by atoms with van der Waals surface area (Å²) in [6.45, 7) is -5.72. The van der Waals surface area contributed by atoms with E-state index < -0.39 is 82.2 Å². The van der Waals surface area contributed by atoms with Crippen LogP contribution in [-0.2, 0) is 43.9 Å². The first-order chi connectivity index (χ1) is 21.3. The molecule has 3 unspecified atom stereocenters. The minimum atomic E-state index is -4.62. The number of nitrogens with zero attached hydrogens (tertiary/aromatic N) is 7. The van der Waals surface area contributed by atoms with E-state index >= 15 is 8.78 Å². The Morgan fingerprint density at radius 2 is 1.56 bits per heavy atom. The molecule has 10 atom stereocenters. The molecule has 0 aromatic carbocycles. The van der Waals surface area contributed by atoms with Crippen molar-refractivity contribution in [2.45, 2.75) is 49.2 Å². The second-order valence-electron chi connectivity index (χ2n) is 10.1. The second-order valence-corrected chi connectivity index (χ2v) is 14.5. The molecular formula is C20H21BF2N10O9P2S. The number of nitrogen functional groups attached to an aromatic ring is 2. The average molecular weight is 688 g/mol. The van der Waals surface area contributed by atoms with Crippen molar-refractivity contribution in [3.05, 3.63) is 29.3 Å². The first-order valence-electron chi connectivity index (χ1n) is 12.9. The standard InChI is InChI=1S/C20H21BF2N10O9P2S/c21-43(35)37-1-6-13(9(23)19(39-6)33-5-29-11-16(33)30-20(25)31-17(11)34)42-44(36,45)38-2-7-12(41-43)8(22)18(40-7)32-4-28-10-14(24)26-3-27-15(10)32/h3-9,12-13,18-19H,1-2H2,(H,36,45)(H2,24,26,27)(H3,25,30,31,34)/t6-,7-,8+,9+,12?,13?,18-,19-,43-,44?/m1/s1. The van der Waals surface area contributed by atoms with Crippen molar-refractivity contribution in [1.29, 1.82) is 0 Å². The van der Waals surface area contributed by atoms with Crippen molar-refractivity contribution < 1.29 is 45.8 Å². The van der Waals surface area contributed by atoms with Crippen LogP contribution in [0, 0.1) is 0 Å². The molecule has 7 heterocycles. The zero-order valence-electron chi connectivity index (χ0n) is 22.4. The van der Waals surface area contributed by atoms with Crippen LogP contribution in [-0.4, -0.2) is 101 Å². The number of ether oxygens (including phenoxy) is 2. The van der Waals surface area contributed by atoms with Crippen LogP contribution in [0.3, 0.4) is 0 Å². The van der Waals surface area contributed by atoms with Gasteiger partial charge >= 0.3 is 6.72 Å². The van der Waals surface area contributed by atoms with Gasteiger partial charge in [-0.05, 0) is 11.8 Å². The summed E-state index contributed by atoms with van der Waals surface area (Å²) in [6.07, 6.45) is -9.99. The smallest absolute Gasteiger partial charge is 0.325 e. The number of imidazole rings is 2. The number of anilines is 2. The molecule has 238 valence electrons. The number of halogens is 2. The van der Waals surface area contributed by atoms with Crippen LogP contribution in [0.2, 0.25) is 0 Å². The Balaban J connectivity index is 1.17. The number of aromatic nitrogens is 8. The molecule has 0 bridgehead atoms. The molecule has 3 aliphatic rings. The van der Waals surface area contributed by atoms with Gasteiger partial charge in [0.15, 0.2) is 47.4 Å². The highest BCUT2D eigenvalue weighted by Crippen LogP contribution is 2.54. The van der Waals surface area contributed by atoms with Gasteiger partial charge in [-0.15, -0.1) is 0 Å². The lowest BCUT2D eigenvalue weighted by Gasteiger charge is -2.29. The maximum absolute atomic E-state index is 16.0. The summed E-state index contributed by atoms with van der Waals surface area (Å²) in [5, 5.41) is 0. The lowest BCUT2D eigenvalue weighted by atomic mass is 10.1. The largest absolute Gasteiger partial charge is 0.382 e. The van der Waals surface area contributed by atoms with E-state index in [1.54, 1.807) is 0 Å². The number of fused-ring (bicyclic) bond motifs is 4. The number of hydrogen-bond acceptors (Lipinski definition) is 16. The normalized spacial score (nSPS) is 37.7. The summed E-state index contributed by atoms with van der Waals surface area (Å²) in [6, 6.07) is 0. The summed E-state index contributed by atoms with van der Waals surface area (Å²) in [5.41, 5.74) is 10.8. The van der Waals surface area contributed by atoms with Crippen LogP contribution in [0.25, 0.3) is 22.3 Å². The molecule has 3 fully saturated rings. The van der Waals surface area contributed by atoms with E-state index in [1.165, 1.54) is 10.9 Å². The van der Waals surface area contributed by atoms with Crippen LogP contribution >= 0.6 is 14.2 Å². The fourth-order valence-corrected chi connectivity index (χ4v) is 7.71. The Kier molecular flexibility index (Phi) is 7.55. The molecule has 7 rings (SSSR count). The zero-order chi connectivity index (χ0) is 31.8. The summed E-state index contributed by atoms with van der Waals surface area (Å²) >= 11 is 5.12. The lowest BCUT2D eigenvalue weighted by molar-refractivity contribution is -0.0566. The number of H-pyrrole nitrogens is 1. The average Bonchev–Trinajstić information content (AvgIpc) is 3.72. The Morgan fingerprint density at radius 1 is 0.956 bits per heavy atom. The van der Waals surface area contributed by atoms with Gasteiger partial charge in [0.05, 0.1) is 25.9 Å². The fourth-order valence-electron chi connectivity index (χ4n) is 5.27. The van der Waals surface area contributed by atoms with Gasteiger partial charge in [0, 0.05) is 0 Å². The van der Waals surface area contributed by atoms with Gasteiger partial charge < -0.3 is 39.4 Å². The van der Waals surface area contributed by atoms with Crippen molar-refractivity contribution in [2.24, 2.45) is 0 Å². The Morgan fingerprint density at radius 3 is 2.24 bits per heavy atom. The van der Waals surface area contributed by atoms with Crippen LogP contribution in [0.4, 0.5) is 20.5 Å². The molecule has 4 aromatic rings. The topological polar surface area (TPSA) is 252 Å². The van der Waals surface area contributed by atoms with E-state index in [0.29, 0.717) is 0 Å². The van der Waals surface area contributed by atoms with Gasteiger partial charge in [-0.25, -0.2) is 28.7 Å². The van der Waals surface area contributed by atoms with Crippen LogP contribution < -0.4 is 17.0 Å². The predicted molar refractivity (Wildman–Crippen MR) is 151 cm³/mol. The highest BCUT2D eigenvalue weighted by atomic mass is 32.5. The minimum Gasteiger partial charge on any atom is -0.382 e. The number of nitrogens with two attached hydrogens (primary N) is 2. The molecule has 6 N–H and O–H groups in total. The van der Waals surface area contributed by atoms with Crippen molar-refractivity contribution in [3.8, 4) is 0 Å². The molecule has 45 heavy (non-hydrogen) atoms. The minimum absolute atomic E-state index is 0.0349. The maximum Gasteiger partial charge on any atom is 0.325 e. The molecule has 0 aliphatic carbocycles. The number of aromatic amines is 1. The molecule has 25 heteroatoms. The quantitative estimate of drug-likeness (QED) is 0.159. The Bertz CT molecular complexity index is 1950. The summed E-state index contributed by atoms with van der Waals surface area (Å²) in [5.74, 6) is -0.235. The third kappa shape index (κ3) is 5.45. The van der Waals surface area contributed by atoms with E-state index in [0.717, 1.165) is 17.2 Å². The number of hydrogen-bond donors (Lipinski definition) is 4. The summed E-state index contributed by atoms with van der Waals surface area (Å²) < 4.78 is 80.7. The van der Waals surface area contributed by atoms with Crippen LogP contribution in [0.15, 0.2) is 23.8 Å². The first kappa shape index (κ1) is 30.7. The second kappa shape index (κ2) is 11.1. The van der Waals surface area contributed by atoms with E-state index in [2.05, 4.69) is 29.9 Å². The van der Waals surface area contributed by atoms with Gasteiger partial charge in [0.2, 0.25) is 13.5 Å². The number of alkyl halides is 2. The molecule has 3 saturated heterocycles. The Labute approximate surface area is 255 Å². The highest BCUT2D eigenvalue weighted by Gasteiger charge is 2.53. The van der Waals surface area contributed by atoms with Gasteiger partial charge in [-0.2, -0.15) is 4.98 Å². The molecule has 0 spiro atoms. The van der Waals surface area contributed by atoms with Crippen LogP contribution in [0.5, 0.6) is 0 Å². The molecule has 0 amide bonds.